The van der Waals surface area contributed by atoms with E-state index in [-0.39, 0.29) is 18.0 Å². The summed E-state index contributed by atoms with van der Waals surface area (Å²) in [6.07, 6.45) is 3.08. The van der Waals surface area contributed by atoms with Crippen LogP contribution in [0.2, 0.25) is 0 Å². The van der Waals surface area contributed by atoms with Crippen LogP contribution in [0.25, 0.3) is 0 Å². The molecule has 1 atom stereocenters. The van der Waals surface area contributed by atoms with Crippen molar-refractivity contribution < 1.29 is 9.59 Å². The van der Waals surface area contributed by atoms with Crippen LogP contribution in [0.1, 0.15) is 54.2 Å². The standard InChI is InChI=1S/C22H27N3O2/c1-15(2)14-23-21(26)17-10-12-18(13-11-17)24-22(27)25-20-9-5-7-16-6-3-4-8-19(16)20/h3-4,6,8,10-13,15,20H,5,7,9,14H2,1-2H3,(H,23,26)(H2,24,25,27). The number of anilines is 1. The number of hydrogen-bond acceptors (Lipinski definition) is 2. The molecule has 1 unspecified atom stereocenters. The first-order chi connectivity index (χ1) is 13.0. The van der Waals surface area contributed by atoms with Gasteiger partial charge in [0.1, 0.15) is 0 Å². The van der Waals surface area contributed by atoms with Gasteiger partial charge in [0.15, 0.2) is 0 Å². The normalized spacial score (nSPS) is 15.7. The van der Waals surface area contributed by atoms with Gasteiger partial charge in [-0.25, -0.2) is 4.79 Å². The van der Waals surface area contributed by atoms with Gasteiger partial charge in [0.05, 0.1) is 6.04 Å². The first-order valence-corrected chi connectivity index (χ1v) is 9.56. The lowest BCUT2D eigenvalue weighted by Gasteiger charge is -2.26. The van der Waals surface area contributed by atoms with Crippen molar-refractivity contribution in [2.24, 2.45) is 5.92 Å². The van der Waals surface area contributed by atoms with E-state index in [0.717, 1.165) is 19.3 Å². The third kappa shape index (κ3) is 5.09. The molecule has 142 valence electrons. The van der Waals surface area contributed by atoms with Crippen LogP contribution >= 0.6 is 0 Å². The molecule has 1 aliphatic carbocycles. The molecular weight excluding hydrogens is 338 g/mol. The number of urea groups is 1. The van der Waals surface area contributed by atoms with Gasteiger partial charge in [-0.05, 0) is 60.6 Å². The second kappa shape index (κ2) is 8.71. The first-order valence-electron chi connectivity index (χ1n) is 9.56. The lowest BCUT2D eigenvalue weighted by Crippen LogP contribution is -2.34. The lowest BCUT2D eigenvalue weighted by molar-refractivity contribution is 0.0949. The van der Waals surface area contributed by atoms with Gasteiger partial charge in [-0.2, -0.15) is 0 Å². The Morgan fingerprint density at radius 1 is 1.07 bits per heavy atom. The number of rotatable bonds is 5. The summed E-state index contributed by atoms with van der Waals surface area (Å²) in [5.74, 6) is 0.307. The molecule has 0 saturated heterocycles. The van der Waals surface area contributed by atoms with Crippen LogP contribution < -0.4 is 16.0 Å². The Hall–Kier alpha value is -2.82. The van der Waals surface area contributed by atoms with Crippen LogP contribution in [0.15, 0.2) is 48.5 Å². The highest BCUT2D eigenvalue weighted by Crippen LogP contribution is 2.29. The summed E-state index contributed by atoms with van der Waals surface area (Å²) in [4.78, 5) is 24.4. The summed E-state index contributed by atoms with van der Waals surface area (Å²) in [7, 11) is 0. The average molecular weight is 365 g/mol. The van der Waals surface area contributed by atoms with E-state index < -0.39 is 0 Å². The maximum atomic E-state index is 12.4. The summed E-state index contributed by atoms with van der Waals surface area (Å²) in [5, 5.41) is 8.80. The number of aryl methyl sites for hydroxylation is 1. The van der Waals surface area contributed by atoms with E-state index in [1.807, 2.05) is 12.1 Å². The van der Waals surface area contributed by atoms with Crippen molar-refractivity contribution in [2.45, 2.75) is 39.2 Å². The zero-order chi connectivity index (χ0) is 19.2. The second-order valence-electron chi connectivity index (χ2n) is 7.42. The van der Waals surface area contributed by atoms with Crippen molar-refractivity contribution in [3.05, 3.63) is 65.2 Å². The van der Waals surface area contributed by atoms with Crippen LogP contribution in [0.4, 0.5) is 10.5 Å². The average Bonchev–Trinajstić information content (AvgIpc) is 2.67. The van der Waals surface area contributed by atoms with E-state index >= 15 is 0 Å². The molecule has 0 radical (unpaired) electrons. The molecule has 3 N–H and O–H groups in total. The maximum absolute atomic E-state index is 12.4. The van der Waals surface area contributed by atoms with Gasteiger partial charge in [0, 0.05) is 17.8 Å². The highest BCUT2D eigenvalue weighted by atomic mass is 16.2. The molecule has 0 spiro atoms. The second-order valence-corrected chi connectivity index (χ2v) is 7.42. The fourth-order valence-electron chi connectivity index (χ4n) is 3.33. The monoisotopic (exact) mass is 365 g/mol. The first kappa shape index (κ1) is 19.0. The van der Waals surface area contributed by atoms with Crippen LogP contribution in [0.5, 0.6) is 0 Å². The zero-order valence-corrected chi connectivity index (χ0v) is 15.9. The molecule has 2 aromatic rings. The van der Waals surface area contributed by atoms with Gasteiger partial charge < -0.3 is 16.0 Å². The smallest absolute Gasteiger partial charge is 0.319 e. The number of carbonyl (C=O) groups excluding carboxylic acids is 2. The molecule has 5 nitrogen and oxygen atoms in total. The van der Waals surface area contributed by atoms with Crippen molar-refractivity contribution in [2.75, 3.05) is 11.9 Å². The van der Waals surface area contributed by atoms with Crippen molar-refractivity contribution in [3.8, 4) is 0 Å². The number of amides is 3. The quantitative estimate of drug-likeness (QED) is 0.740. The Labute approximate surface area is 160 Å². The van der Waals surface area contributed by atoms with Gasteiger partial charge in [0.25, 0.3) is 5.91 Å². The van der Waals surface area contributed by atoms with Gasteiger partial charge in [0.2, 0.25) is 0 Å². The minimum atomic E-state index is -0.228. The Morgan fingerprint density at radius 3 is 2.56 bits per heavy atom. The van der Waals surface area contributed by atoms with Crippen LogP contribution in [0.3, 0.4) is 0 Å². The highest BCUT2D eigenvalue weighted by molar-refractivity contribution is 5.95. The molecule has 1 aliphatic rings. The molecule has 0 heterocycles. The molecule has 0 aromatic heterocycles. The summed E-state index contributed by atoms with van der Waals surface area (Å²) in [6.45, 7) is 4.75. The molecule has 27 heavy (non-hydrogen) atoms. The number of carbonyl (C=O) groups is 2. The number of fused-ring (bicyclic) bond motifs is 1. The SMILES string of the molecule is CC(C)CNC(=O)c1ccc(NC(=O)NC2CCCc3ccccc32)cc1. The molecular formula is C22H27N3O2. The third-order valence-corrected chi connectivity index (χ3v) is 4.75. The van der Waals surface area contributed by atoms with E-state index in [0.29, 0.717) is 23.7 Å². The van der Waals surface area contributed by atoms with E-state index in [2.05, 4.69) is 41.9 Å². The zero-order valence-electron chi connectivity index (χ0n) is 15.9. The van der Waals surface area contributed by atoms with Gasteiger partial charge in [-0.3, -0.25) is 4.79 Å². The fraction of sp³-hybridized carbons (Fsp3) is 0.364. The number of benzene rings is 2. The molecule has 0 saturated carbocycles. The minimum Gasteiger partial charge on any atom is -0.352 e. The molecule has 0 fully saturated rings. The van der Waals surface area contributed by atoms with Crippen molar-refractivity contribution in [1.29, 1.82) is 0 Å². The highest BCUT2D eigenvalue weighted by Gasteiger charge is 2.21. The van der Waals surface area contributed by atoms with Gasteiger partial charge in [-0.15, -0.1) is 0 Å². The molecule has 0 bridgehead atoms. The molecule has 3 amide bonds. The van der Waals surface area contributed by atoms with Gasteiger partial charge >= 0.3 is 6.03 Å². The maximum Gasteiger partial charge on any atom is 0.319 e. The number of nitrogens with one attached hydrogen (secondary N) is 3. The Morgan fingerprint density at radius 2 is 1.81 bits per heavy atom. The summed E-state index contributed by atoms with van der Waals surface area (Å²) in [5.41, 5.74) is 3.77. The summed E-state index contributed by atoms with van der Waals surface area (Å²) >= 11 is 0. The van der Waals surface area contributed by atoms with Crippen molar-refractivity contribution in [1.82, 2.24) is 10.6 Å². The third-order valence-electron chi connectivity index (χ3n) is 4.75. The Kier molecular flexibility index (Phi) is 6.12. The van der Waals surface area contributed by atoms with Crippen LogP contribution in [0, 0.1) is 5.92 Å². The van der Waals surface area contributed by atoms with Crippen LogP contribution in [-0.2, 0) is 6.42 Å². The number of hydrogen-bond donors (Lipinski definition) is 3. The predicted octanol–water partition coefficient (Wildman–Crippen LogP) is 4.27. The Bertz CT molecular complexity index is 799. The van der Waals surface area contributed by atoms with E-state index in [9.17, 15) is 9.59 Å². The topological polar surface area (TPSA) is 70.2 Å². The molecule has 3 rings (SSSR count). The van der Waals surface area contributed by atoms with Crippen LogP contribution in [-0.4, -0.2) is 18.5 Å². The largest absolute Gasteiger partial charge is 0.352 e. The summed E-state index contributed by atoms with van der Waals surface area (Å²) < 4.78 is 0. The van der Waals surface area contributed by atoms with E-state index in [1.54, 1.807) is 24.3 Å². The van der Waals surface area contributed by atoms with Gasteiger partial charge in [-0.1, -0.05) is 38.1 Å². The minimum absolute atomic E-state index is 0.0380. The van der Waals surface area contributed by atoms with E-state index in [1.165, 1.54) is 11.1 Å². The van der Waals surface area contributed by atoms with Crippen molar-refractivity contribution in [3.63, 3.8) is 0 Å². The predicted molar refractivity (Wildman–Crippen MR) is 108 cm³/mol. The Balaban J connectivity index is 1.56. The molecule has 0 aliphatic heterocycles. The summed E-state index contributed by atoms with van der Waals surface area (Å²) in [6, 6.07) is 15.0. The van der Waals surface area contributed by atoms with Crippen molar-refractivity contribution >= 4 is 17.6 Å². The van der Waals surface area contributed by atoms with E-state index in [4.69, 9.17) is 0 Å². The molecule has 2 aromatic carbocycles. The molecule has 5 heteroatoms. The lowest BCUT2D eigenvalue weighted by atomic mass is 9.88. The fourth-order valence-corrected chi connectivity index (χ4v) is 3.33.